The number of hydrogen-bond donors (Lipinski definition) is 7. The Morgan fingerprint density at radius 1 is 0.900 bits per heavy atom. The van der Waals surface area contributed by atoms with Crippen molar-refractivity contribution in [1.29, 1.82) is 0 Å². The average molecular weight is 431 g/mol. The highest BCUT2D eigenvalue weighted by Crippen LogP contribution is 2.09. The van der Waals surface area contributed by atoms with Crippen molar-refractivity contribution < 1.29 is 34.2 Å². The Bertz CT molecular complexity index is 640. The number of aliphatic hydroxyl groups excluding tert-OH is 1. The van der Waals surface area contributed by atoms with E-state index in [1.165, 1.54) is 0 Å². The minimum Gasteiger partial charge on any atom is -0.480 e. The monoisotopic (exact) mass is 431 g/mol. The number of aliphatic hydroxyl groups is 1. The third kappa shape index (κ3) is 8.74. The first-order chi connectivity index (χ1) is 13.8. The first-order valence-corrected chi connectivity index (χ1v) is 9.64. The van der Waals surface area contributed by atoms with Crippen molar-refractivity contribution in [3.8, 4) is 0 Å². The summed E-state index contributed by atoms with van der Waals surface area (Å²) in [5, 5.41) is 25.7. The van der Waals surface area contributed by atoms with Gasteiger partial charge >= 0.3 is 5.97 Å². The van der Waals surface area contributed by atoms with Gasteiger partial charge in [-0.2, -0.15) is 0 Å². The average Bonchev–Trinajstić information content (AvgIpc) is 2.65. The normalized spacial score (nSPS) is 16.0. The van der Waals surface area contributed by atoms with E-state index in [2.05, 4.69) is 16.0 Å². The molecule has 0 aromatic rings. The number of rotatable bonds is 13. The van der Waals surface area contributed by atoms with Gasteiger partial charge in [0.05, 0.1) is 19.1 Å². The van der Waals surface area contributed by atoms with Crippen molar-refractivity contribution in [2.75, 3.05) is 6.61 Å². The molecule has 172 valence electrons. The first kappa shape index (κ1) is 27.3. The van der Waals surface area contributed by atoms with Gasteiger partial charge in [-0.3, -0.25) is 19.2 Å². The maximum Gasteiger partial charge on any atom is 0.326 e. The summed E-state index contributed by atoms with van der Waals surface area (Å²) in [6.45, 7) is 5.85. The van der Waals surface area contributed by atoms with Crippen molar-refractivity contribution in [2.45, 2.75) is 64.7 Å². The first-order valence-electron chi connectivity index (χ1n) is 9.64. The predicted octanol–water partition coefficient (Wildman–Crippen LogP) is -2.58. The number of amides is 4. The smallest absolute Gasteiger partial charge is 0.326 e. The molecule has 0 radical (unpaired) electrons. The van der Waals surface area contributed by atoms with Crippen LogP contribution in [0.2, 0.25) is 0 Å². The van der Waals surface area contributed by atoms with Gasteiger partial charge in [-0.25, -0.2) is 4.79 Å². The van der Waals surface area contributed by atoms with Crippen LogP contribution in [0.5, 0.6) is 0 Å². The van der Waals surface area contributed by atoms with Gasteiger partial charge in [0.25, 0.3) is 0 Å². The molecule has 0 saturated carbocycles. The zero-order valence-corrected chi connectivity index (χ0v) is 17.7. The Kier molecular flexibility index (Phi) is 11.6. The molecule has 4 amide bonds. The van der Waals surface area contributed by atoms with Crippen LogP contribution >= 0.6 is 0 Å². The Hall–Kier alpha value is -2.73. The quantitative estimate of drug-likeness (QED) is 0.164. The van der Waals surface area contributed by atoms with Crippen LogP contribution in [0.1, 0.15) is 40.5 Å². The van der Waals surface area contributed by atoms with Crippen LogP contribution in [0.4, 0.5) is 0 Å². The standard InChI is InChI=1S/C18H33N5O7/c1-5-9(4)14(23-15(26)10(19)6-12(20)25)17(28)21-11(7-24)16(27)22-13(8(2)3)18(29)30/h8-11,13-14,24H,5-7,19H2,1-4H3,(H2,20,25)(H,21,28)(H,22,27)(H,23,26)(H,29,30). The lowest BCUT2D eigenvalue weighted by Crippen LogP contribution is -2.60. The summed E-state index contributed by atoms with van der Waals surface area (Å²) in [5.41, 5.74) is 10.6. The second-order valence-corrected chi connectivity index (χ2v) is 7.46. The van der Waals surface area contributed by atoms with Crippen molar-refractivity contribution in [3.63, 3.8) is 0 Å². The number of carbonyl (C=O) groups excluding carboxylic acids is 4. The fraction of sp³-hybridized carbons (Fsp3) is 0.722. The zero-order valence-electron chi connectivity index (χ0n) is 17.7. The summed E-state index contributed by atoms with van der Waals surface area (Å²) in [4.78, 5) is 59.4. The Morgan fingerprint density at radius 2 is 1.43 bits per heavy atom. The molecule has 0 saturated heterocycles. The molecule has 0 heterocycles. The number of primary amides is 1. The summed E-state index contributed by atoms with van der Waals surface area (Å²) in [6, 6.07) is -4.99. The maximum atomic E-state index is 12.7. The van der Waals surface area contributed by atoms with Crippen LogP contribution in [0.15, 0.2) is 0 Å². The number of carbonyl (C=O) groups is 5. The minimum absolute atomic E-state index is 0.375. The second-order valence-electron chi connectivity index (χ2n) is 7.46. The molecule has 0 bridgehead atoms. The molecule has 0 aromatic heterocycles. The van der Waals surface area contributed by atoms with E-state index in [4.69, 9.17) is 11.5 Å². The number of carboxylic acids is 1. The summed E-state index contributed by atoms with van der Waals surface area (Å²) in [5.74, 6) is -5.27. The molecule has 0 fully saturated rings. The van der Waals surface area contributed by atoms with Gasteiger partial charge in [0, 0.05) is 0 Å². The molecule has 12 nitrogen and oxygen atoms in total. The van der Waals surface area contributed by atoms with Gasteiger partial charge < -0.3 is 37.6 Å². The van der Waals surface area contributed by atoms with Gasteiger partial charge in [-0.05, 0) is 11.8 Å². The third-order valence-corrected chi connectivity index (χ3v) is 4.60. The summed E-state index contributed by atoms with van der Waals surface area (Å²) in [7, 11) is 0. The number of carboxylic acid groups (broad SMARTS) is 1. The summed E-state index contributed by atoms with van der Waals surface area (Å²) < 4.78 is 0. The van der Waals surface area contributed by atoms with Crippen LogP contribution in [-0.2, 0) is 24.0 Å². The lowest BCUT2D eigenvalue weighted by Gasteiger charge is -2.27. The highest BCUT2D eigenvalue weighted by atomic mass is 16.4. The van der Waals surface area contributed by atoms with Crippen LogP contribution in [0.3, 0.4) is 0 Å². The Labute approximate surface area is 175 Å². The lowest BCUT2D eigenvalue weighted by atomic mass is 9.97. The molecule has 12 heteroatoms. The van der Waals surface area contributed by atoms with Crippen LogP contribution in [-0.4, -0.2) is 70.6 Å². The second kappa shape index (κ2) is 12.8. The van der Waals surface area contributed by atoms with Gasteiger partial charge in [0.15, 0.2) is 0 Å². The fourth-order valence-electron chi connectivity index (χ4n) is 2.49. The highest BCUT2D eigenvalue weighted by molar-refractivity contribution is 5.95. The molecular formula is C18H33N5O7. The molecule has 0 aliphatic heterocycles. The van der Waals surface area contributed by atoms with Crippen molar-refractivity contribution >= 4 is 29.6 Å². The minimum atomic E-state index is -1.43. The van der Waals surface area contributed by atoms with Gasteiger partial charge in [-0.1, -0.05) is 34.1 Å². The van der Waals surface area contributed by atoms with Crippen LogP contribution < -0.4 is 27.4 Å². The largest absolute Gasteiger partial charge is 0.480 e. The van der Waals surface area contributed by atoms with Crippen molar-refractivity contribution in [3.05, 3.63) is 0 Å². The van der Waals surface area contributed by atoms with Gasteiger partial charge in [0.2, 0.25) is 23.6 Å². The maximum absolute atomic E-state index is 12.7. The molecular weight excluding hydrogens is 398 g/mol. The molecule has 0 spiro atoms. The summed E-state index contributed by atoms with van der Waals surface area (Å²) in [6.07, 6.45) is 0.0714. The number of nitrogens with one attached hydrogen (secondary N) is 3. The van der Waals surface area contributed by atoms with Crippen molar-refractivity contribution in [2.24, 2.45) is 23.3 Å². The SMILES string of the molecule is CCC(C)C(NC(=O)C(N)CC(N)=O)C(=O)NC(CO)C(=O)NC(C(=O)O)C(C)C. The van der Waals surface area contributed by atoms with Gasteiger partial charge in [0.1, 0.15) is 18.1 Å². The molecule has 5 unspecified atom stereocenters. The van der Waals surface area contributed by atoms with E-state index in [1.54, 1.807) is 27.7 Å². The third-order valence-electron chi connectivity index (χ3n) is 4.60. The molecule has 0 aliphatic rings. The zero-order chi connectivity index (χ0) is 23.6. The summed E-state index contributed by atoms with van der Waals surface area (Å²) >= 11 is 0. The Morgan fingerprint density at radius 3 is 1.83 bits per heavy atom. The van der Waals surface area contributed by atoms with E-state index in [1.807, 2.05) is 0 Å². The molecule has 30 heavy (non-hydrogen) atoms. The predicted molar refractivity (Wildman–Crippen MR) is 107 cm³/mol. The molecule has 9 N–H and O–H groups in total. The van der Waals surface area contributed by atoms with E-state index >= 15 is 0 Å². The molecule has 0 rings (SSSR count). The fourth-order valence-corrected chi connectivity index (χ4v) is 2.49. The van der Waals surface area contributed by atoms with E-state index in [0.717, 1.165) is 0 Å². The van der Waals surface area contributed by atoms with E-state index in [-0.39, 0.29) is 5.92 Å². The Balaban J connectivity index is 5.31. The van der Waals surface area contributed by atoms with Crippen molar-refractivity contribution in [1.82, 2.24) is 16.0 Å². The van der Waals surface area contributed by atoms with E-state index in [0.29, 0.717) is 6.42 Å². The van der Waals surface area contributed by atoms with E-state index < -0.39 is 72.7 Å². The van der Waals surface area contributed by atoms with Crippen LogP contribution in [0, 0.1) is 11.8 Å². The number of aliphatic carboxylic acids is 1. The molecule has 5 atom stereocenters. The topological polar surface area (TPSA) is 214 Å². The highest BCUT2D eigenvalue weighted by Gasteiger charge is 2.33. The number of hydrogen-bond acceptors (Lipinski definition) is 7. The number of nitrogens with two attached hydrogens (primary N) is 2. The van der Waals surface area contributed by atoms with Gasteiger partial charge in [-0.15, -0.1) is 0 Å². The molecule has 0 aromatic carbocycles. The van der Waals surface area contributed by atoms with Crippen LogP contribution in [0.25, 0.3) is 0 Å². The van der Waals surface area contributed by atoms with E-state index in [9.17, 15) is 34.2 Å². The lowest BCUT2D eigenvalue weighted by molar-refractivity contribution is -0.144. The molecule has 0 aliphatic carbocycles.